The fraction of sp³-hybridized carbons (Fsp3) is 0.409. The highest BCUT2D eigenvalue weighted by Crippen LogP contribution is 2.35. The number of thiophene rings is 1. The van der Waals surface area contributed by atoms with E-state index >= 15 is 0 Å². The normalized spacial score (nSPS) is 17.8. The number of amides is 3. The van der Waals surface area contributed by atoms with Gasteiger partial charge in [0.25, 0.3) is 11.8 Å². The molecule has 3 amide bonds. The third kappa shape index (κ3) is 4.67. The number of halogens is 1. The van der Waals surface area contributed by atoms with Crippen LogP contribution in [-0.2, 0) is 14.3 Å². The number of morpholine rings is 1. The highest BCUT2D eigenvalue weighted by Gasteiger charge is 2.43. The Kier molecular flexibility index (Phi) is 6.82. The molecule has 0 atom stereocenters. The van der Waals surface area contributed by atoms with Crippen molar-refractivity contribution in [3.05, 3.63) is 39.0 Å². The zero-order valence-electron chi connectivity index (χ0n) is 17.6. The van der Waals surface area contributed by atoms with Crippen molar-refractivity contribution in [3.63, 3.8) is 0 Å². The molecule has 1 saturated heterocycles. The number of anilines is 2. The van der Waals surface area contributed by atoms with Crippen molar-refractivity contribution in [2.45, 2.75) is 31.2 Å². The number of hydrogen-bond acceptors (Lipinski definition) is 6. The van der Waals surface area contributed by atoms with E-state index in [2.05, 4.69) is 26.6 Å². The van der Waals surface area contributed by atoms with Crippen molar-refractivity contribution in [1.29, 1.82) is 0 Å². The Morgan fingerprint density at radius 3 is 2.66 bits per heavy atom. The van der Waals surface area contributed by atoms with Gasteiger partial charge in [-0.25, -0.2) is 0 Å². The lowest BCUT2D eigenvalue weighted by Crippen LogP contribution is -2.54. The van der Waals surface area contributed by atoms with Crippen LogP contribution in [0.25, 0.3) is 0 Å². The summed E-state index contributed by atoms with van der Waals surface area (Å²) in [6.45, 7) is 0.927. The van der Waals surface area contributed by atoms with Crippen LogP contribution >= 0.6 is 27.3 Å². The molecule has 4 rings (SSSR count). The van der Waals surface area contributed by atoms with Crippen LogP contribution in [0.15, 0.2) is 34.1 Å². The van der Waals surface area contributed by atoms with Gasteiger partial charge in [0.05, 0.1) is 28.1 Å². The average Bonchev–Trinajstić information content (AvgIpc) is 3.44. The Hall–Kier alpha value is -2.43. The number of carbonyl (C=O) groups is 3. The maximum atomic E-state index is 13.3. The number of hydrogen-bond donors (Lipinski definition) is 2. The number of benzene rings is 1. The summed E-state index contributed by atoms with van der Waals surface area (Å²) in [7, 11) is 1.52. The molecule has 170 valence electrons. The van der Waals surface area contributed by atoms with E-state index in [1.54, 1.807) is 29.2 Å². The summed E-state index contributed by atoms with van der Waals surface area (Å²) in [5.74, 6) is -0.169. The highest BCUT2D eigenvalue weighted by atomic mass is 79.9. The first-order chi connectivity index (χ1) is 15.4. The summed E-state index contributed by atoms with van der Waals surface area (Å²) >= 11 is 4.70. The molecule has 8 nitrogen and oxygen atoms in total. The molecule has 10 heteroatoms. The smallest absolute Gasteiger partial charge is 0.262 e. The minimum Gasteiger partial charge on any atom is -0.494 e. The second kappa shape index (κ2) is 9.60. The second-order valence-electron chi connectivity index (χ2n) is 7.79. The summed E-state index contributed by atoms with van der Waals surface area (Å²) in [4.78, 5) is 40.4. The second-order valence-corrected chi connectivity index (χ2v) is 10.2. The minimum absolute atomic E-state index is 0.0324. The van der Waals surface area contributed by atoms with Crippen molar-refractivity contribution in [2.24, 2.45) is 0 Å². The number of rotatable bonds is 6. The van der Waals surface area contributed by atoms with Crippen LogP contribution < -0.4 is 20.3 Å². The van der Waals surface area contributed by atoms with Gasteiger partial charge >= 0.3 is 0 Å². The molecule has 0 unspecified atom stereocenters. The Labute approximate surface area is 198 Å². The van der Waals surface area contributed by atoms with Crippen LogP contribution in [0.5, 0.6) is 5.75 Å². The van der Waals surface area contributed by atoms with Crippen LogP contribution in [-0.4, -0.2) is 50.1 Å². The highest BCUT2D eigenvalue weighted by molar-refractivity contribution is 9.11. The number of nitrogens with zero attached hydrogens (tertiary/aromatic N) is 1. The summed E-state index contributed by atoms with van der Waals surface area (Å²) in [6.07, 6.45) is 2.88. The third-order valence-corrected chi connectivity index (χ3v) is 7.38. The lowest BCUT2D eigenvalue weighted by Gasteiger charge is -2.30. The molecule has 1 aliphatic carbocycles. The van der Waals surface area contributed by atoms with Crippen molar-refractivity contribution in [3.8, 4) is 5.75 Å². The van der Waals surface area contributed by atoms with Gasteiger partial charge in [0.1, 0.15) is 17.9 Å². The molecule has 2 aromatic rings. The van der Waals surface area contributed by atoms with Crippen molar-refractivity contribution < 1.29 is 23.9 Å². The molecule has 2 N–H and O–H groups in total. The van der Waals surface area contributed by atoms with Crippen LogP contribution in [0.3, 0.4) is 0 Å². The lowest BCUT2D eigenvalue weighted by molar-refractivity contribution is -0.125. The molecule has 2 heterocycles. The fourth-order valence-corrected chi connectivity index (χ4v) is 5.39. The Morgan fingerprint density at radius 1 is 1.22 bits per heavy atom. The molecule has 2 aliphatic rings. The van der Waals surface area contributed by atoms with Gasteiger partial charge in [0.15, 0.2) is 0 Å². The summed E-state index contributed by atoms with van der Waals surface area (Å²) in [6, 6.07) is 8.73. The number of carbonyl (C=O) groups excluding carboxylic acids is 3. The molecule has 1 aromatic heterocycles. The zero-order valence-corrected chi connectivity index (χ0v) is 20.0. The lowest BCUT2D eigenvalue weighted by atomic mass is 9.95. The van der Waals surface area contributed by atoms with E-state index < -0.39 is 5.54 Å². The van der Waals surface area contributed by atoms with Gasteiger partial charge in [0.2, 0.25) is 5.91 Å². The topological polar surface area (TPSA) is 97.0 Å². The van der Waals surface area contributed by atoms with Gasteiger partial charge < -0.3 is 25.0 Å². The first-order valence-electron chi connectivity index (χ1n) is 10.4. The number of ether oxygens (including phenoxy) is 2. The van der Waals surface area contributed by atoms with E-state index in [1.807, 2.05) is 6.07 Å². The molecular weight excluding hydrogens is 498 g/mol. The van der Waals surface area contributed by atoms with Crippen molar-refractivity contribution in [1.82, 2.24) is 5.32 Å². The van der Waals surface area contributed by atoms with E-state index in [0.717, 1.165) is 16.6 Å². The van der Waals surface area contributed by atoms with Crippen LogP contribution in [0.4, 0.5) is 11.4 Å². The molecule has 1 aliphatic heterocycles. The monoisotopic (exact) mass is 521 g/mol. The maximum Gasteiger partial charge on any atom is 0.262 e. The van der Waals surface area contributed by atoms with E-state index in [1.165, 1.54) is 18.4 Å². The van der Waals surface area contributed by atoms with E-state index in [-0.39, 0.29) is 24.3 Å². The Balaban J connectivity index is 1.52. The quantitative estimate of drug-likeness (QED) is 0.605. The van der Waals surface area contributed by atoms with Crippen molar-refractivity contribution in [2.75, 3.05) is 37.1 Å². The van der Waals surface area contributed by atoms with Gasteiger partial charge in [-0.3, -0.25) is 14.4 Å². The SMILES string of the molecule is COc1cc(NC(=O)C2(NC(=O)c3ccc(Br)s3)CCCC2)ccc1N1CCOCC1=O. The summed E-state index contributed by atoms with van der Waals surface area (Å²) in [5, 5.41) is 5.92. The third-order valence-electron chi connectivity index (χ3n) is 5.76. The first-order valence-corrected chi connectivity index (χ1v) is 12.0. The van der Waals surface area contributed by atoms with E-state index in [4.69, 9.17) is 9.47 Å². The number of nitrogens with one attached hydrogen (secondary N) is 2. The van der Waals surface area contributed by atoms with E-state index in [0.29, 0.717) is 48.0 Å². The molecule has 0 spiro atoms. The van der Waals surface area contributed by atoms with Gasteiger partial charge in [-0.2, -0.15) is 0 Å². The predicted molar refractivity (Wildman–Crippen MR) is 125 cm³/mol. The largest absolute Gasteiger partial charge is 0.494 e. The molecule has 2 fully saturated rings. The Morgan fingerprint density at radius 2 is 2.00 bits per heavy atom. The van der Waals surface area contributed by atoms with Crippen LogP contribution in [0, 0.1) is 0 Å². The predicted octanol–water partition coefficient (Wildman–Crippen LogP) is 3.56. The molecule has 0 radical (unpaired) electrons. The molecular formula is C22H24BrN3O5S. The Bertz CT molecular complexity index is 1030. The minimum atomic E-state index is -0.959. The van der Waals surface area contributed by atoms with Crippen molar-refractivity contribution >= 4 is 56.4 Å². The van der Waals surface area contributed by atoms with Crippen LogP contribution in [0.2, 0.25) is 0 Å². The number of methoxy groups -OCH3 is 1. The molecule has 32 heavy (non-hydrogen) atoms. The molecule has 1 aromatic carbocycles. The van der Waals surface area contributed by atoms with Gasteiger partial charge in [-0.15, -0.1) is 11.3 Å². The molecule has 0 bridgehead atoms. The van der Waals surface area contributed by atoms with E-state index in [9.17, 15) is 14.4 Å². The van der Waals surface area contributed by atoms with Gasteiger partial charge in [0, 0.05) is 18.3 Å². The standard InChI is InChI=1S/C22H24BrN3O5S/c1-30-16-12-14(4-5-15(16)26-10-11-31-13-19(26)27)24-21(29)22(8-2-3-9-22)25-20(28)17-6-7-18(23)32-17/h4-7,12H,2-3,8-11,13H2,1H3,(H,24,29)(H,25,28). The average molecular weight is 522 g/mol. The fourth-order valence-electron chi connectivity index (χ4n) is 4.10. The maximum absolute atomic E-state index is 13.3. The summed E-state index contributed by atoms with van der Waals surface area (Å²) < 4.78 is 11.5. The summed E-state index contributed by atoms with van der Waals surface area (Å²) in [5.41, 5.74) is 0.209. The zero-order chi connectivity index (χ0) is 22.7. The van der Waals surface area contributed by atoms with Crippen LogP contribution in [0.1, 0.15) is 35.4 Å². The molecule has 1 saturated carbocycles. The van der Waals surface area contributed by atoms with Gasteiger partial charge in [-0.1, -0.05) is 12.8 Å². The van der Waals surface area contributed by atoms with Gasteiger partial charge in [-0.05, 0) is 53.0 Å². The first kappa shape index (κ1) is 22.8.